The lowest BCUT2D eigenvalue weighted by Gasteiger charge is -2.27. The Bertz CT molecular complexity index is 7550. The van der Waals surface area contributed by atoms with Crippen molar-refractivity contribution in [2.75, 3.05) is 19.6 Å². The van der Waals surface area contributed by atoms with Crippen molar-refractivity contribution in [2.24, 2.45) is 0 Å². The molecule has 0 aliphatic carbocycles. The van der Waals surface area contributed by atoms with Gasteiger partial charge in [-0.2, -0.15) is 0 Å². The summed E-state index contributed by atoms with van der Waals surface area (Å²) in [7, 11) is -2.88. The Kier molecular flexibility index (Phi) is 16.8. The van der Waals surface area contributed by atoms with Crippen molar-refractivity contribution in [3.63, 3.8) is 0 Å². The van der Waals surface area contributed by atoms with Gasteiger partial charge in [-0.15, -0.1) is 0 Å². The Morgan fingerprint density at radius 2 is 0.440 bits per heavy atom. The quantitative estimate of drug-likeness (QED) is 0.0788. The van der Waals surface area contributed by atoms with Crippen LogP contribution in [0.15, 0.2) is 394 Å². The summed E-state index contributed by atoms with van der Waals surface area (Å²) in [4.78, 5) is 9.26. The van der Waals surface area contributed by atoms with Gasteiger partial charge in [0.2, 0.25) is 0 Å². The van der Waals surface area contributed by atoms with Crippen LogP contribution in [0.3, 0.4) is 0 Å². The van der Waals surface area contributed by atoms with Crippen molar-refractivity contribution >= 4 is 226 Å². The molecule has 0 aliphatic rings. The lowest BCUT2D eigenvalue weighted by molar-refractivity contribution is 0.668. The van der Waals surface area contributed by atoms with E-state index in [2.05, 4.69) is 405 Å². The normalized spacial score (nSPS) is 12.1. The van der Waals surface area contributed by atoms with Crippen LogP contribution < -0.4 is 30.0 Å². The molecule has 0 unspecified atom stereocenters. The van der Waals surface area contributed by atoms with Crippen LogP contribution in [0.4, 0.5) is 68.2 Å². The molecule has 0 atom stereocenters. The fraction of sp³-hybridized carbons (Fsp3) is 0.0566. The molecule has 0 amide bonds. The summed E-state index contributed by atoms with van der Waals surface area (Å²) < 4.78 is 27.2. The van der Waals surface area contributed by atoms with Crippen LogP contribution in [0.1, 0.15) is 0 Å². The number of hydrogen-bond donors (Lipinski definition) is 0. The third-order valence-electron chi connectivity index (χ3n) is 23.1. The highest BCUT2D eigenvalue weighted by atomic mass is 28.3. The van der Waals surface area contributed by atoms with Crippen molar-refractivity contribution in [1.82, 2.24) is 0 Å². The van der Waals surface area contributed by atoms with Crippen LogP contribution in [0.5, 0.6) is 0 Å². The Morgan fingerprint density at radius 1 is 0.172 bits per heavy atom. The van der Waals surface area contributed by atoms with Gasteiger partial charge in [0.15, 0.2) is 11.2 Å². The molecule has 4 heterocycles. The molecule has 0 aliphatic heterocycles. The van der Waals surface area contributed by atoms with E-state index in [4.69, 9.17) is 17.7 Å². The molecule has 116 heavy (non-hydrogen) atoms. The average Bonchev–Trinajstić information content (AvgIpc) is 1.53. The van der Waals surface area contributed by atoms with Crippen LogP contribution >= 0.6 is 0 Å². The molecule has 0 fully saturated rings. The summed E-state index contributed by atoms with van der Waals surface area (Å²) in [6.07, 6.45) is 0. The second kappa shape index (κ2) is 27.9. The topological polar surface area (TPSA) is 65.5 Å². The first-order valence-corrected chi connectivity index (χ1v) is 46.9. The lowest BCUT2D eigenvalue weighted by Crippen LogP contribution is -2.37. The molecule has 18 aromatic carbocycles. The number of benzene rings is 18. The number of para-hydroxylation sites is 8. The van der Waals surface area contributed by atoms with E-state index in [-0.39, 0.29) is 0 Å². The minimum Gasteiger partial charge on any atom is -0.455 e. The minimum atomic E-state index is -1.44. The fourth-order valence-corrected chi connectivity index (χ4v) is 19.8. The monoisotopic (exact) mass is 1530 g/mol. The van der Waals surface area contributed by atoms with E-state index in [1.165, 1.54) is 26.5 Å². The van der Waals surface area contributed by atoms with Crippen molar-refractivity contribution in [3.8, 4) is 0 Å². The van der Waals surface area contributed by atoms with E-state index >= 15 is 0 Å². The van der Waals surface area contributed by atoms with Crippen molar-refractivity contribution in [3.05, 3.63) is 376 Å². The van der Waals surface area contributed by atoms with Crippen molar-refractivity contribution < 1.29 is 17.7 Å². The summed E-state index contributed by atoms with van der Waals surface area (Å²) >= 11 is 0. The maximum Gasteiger partial charge on any atom is 0.159 e. The van der Waals surface area contributed by atoms with Gasteiger partial charge in [0.1, 0.15) is 33.5 Å². The Labute approximate surface area is 673 Å². The summed E-state index contributed by atoms with van der Waals surface area (Å²) in [6, 6.07) is 134. The maximum atomic E-state index is 7.05. The molecule has 556 valence electrons. The molecule has 0 saturated heterocycles. The van der Waals surface area contributed by atoms with E-state index in [1.54, 1.807) is 0 Å². The number of anilines is 12. The molecular formula is C106H80N4O4Si2. The zero-order chi connectivity index (χ0) is 77.9. The predicted octanol–water partition coefficient (Wildman–Crippen LogP) is 30.6. The molecule has 22 rings (SSSR count). The van der Waals surface area contributed by atoms with E-state index in [1.807, 2.05) is 30.3 Å². The van der Waals surface area contributed by atoms with Crippen LogP contribution in [0.25, 0.3) is 131 Å². The highest BCUT2D eigenvalue weighted by molar-refractivity contribution is 6.89. The zero-order valence-electron chi connectivity index (χ0n) is 65.2. The average molecular weight is 1530 g/mol. The third kappa shape index (κ3) is 11.9. The van der Waals surface area contributed by atoms with Crippen LogP contribution in [0.2, 0.25) is 39.3 Å². The van der Waals surface area contributed by atoms with Crippen molar-refractivity contribution in [1.29, 1.82) is 0 Å². The van der Waals surface area contributed by atoms with Gasteiger partial charge in [0.25, 0.3) is 0 Å². The number of hydrogen-bond acceptors (Lipinski definition) is 8. The smallest absolute Gasteiger partial charge is 0.159 e. The standard InChI is InChI=1S/C56H34N2O3.C50H46N2OSi2/c1-3-15-35(16-4-1)57(48-25-13-23-43-40-20-9-11-27-50(40)59-54(43)48)37-29-31-45-47(33-37)39-19-7-8-22-42(39)53-46-32-30-38(34-52(46)61-56(45)53)58(36-17-5-2-6-18-36)49-26-14-24-44-41-21-10-12-28-51(41)60-55(44)49;1-54(2,3)41-27-21-37(22-28-41)51(35-15-9-7-10-16-35)39-25-31-45-47(33-39)43-19-13-14-20-44(43)49-46-32-26-40(34-48(46)53-50(45)49)52(36-17-11-8-12-18-36)38-23-29-42(30-24-38)55(4,5)6/h1-34H;7-34H,1-6H3. The van der Waals surface area contributed by atoms with Crippen LogP contribution in [0, 0.1) is 0 Å². The molecule has 0 radical (unpaired) electrons. The Balaban J connectivity index is 0.000000146. The molecule has 0 N–H and O–H groups in total. The molecule has 0 bridgehead atoms. The SMILES string of the molecule is C[Si](C)(C)c1ccc(N(c2ccccc2)c2ccc3c(c2)oc2c4ccc(N(c5ccccc5)c5ccc([Si](C)(C)C)cc5)cc4c4ccccc4c32)cc1.c1ccc(N(c2ccc3c(c2)oc2c4ccc(N(c5ccccc5)c5cccc6c5oc5ccccc56)cc4c4ccccc4c32)c2cccc3c2oc2ccccc23)cc1. The molecule has 4 aromatic heterocycles. The molecule has 0 saturated carbocycles. The number of fused-ring (bicyclic) bond motifs is 22. The molecule has 8 nitrogen and oxygen atoms in total. The molecular weight excluding hydrogens is 1450 g/mol. The molecule has 22 aromatic rings. The fourth-order valence-electron chi connectivity index (χ4n) is 17.5. The summed E-state index contributed by atoms with van der Waals surface area (Å²) in [5, 5.41) is 20.9. The second-order valence-electron chi connectivity index (χ2n) is 32.3. The van der Waals surface area contributed by atoms with E-state index in [0.29, 0.717) is 0 Å². The van der Waals surface area contributed by atoms with Gasteiger partial charge in [-0.1, -0.05) is 256 Å². The Morgan fingerprint density at radius 3 is 0.819 bits per heavy atom. The molecule has 0 spiro atoms. The van der Waals surface area contributed by atoms with E-state index in [9.17, 15) is 0 Å². The third-order valence-corrected chi connectivity index (χ3v) is 27.3. The van der Waals surface area contributed by atoms with Crippen LogP contribution in [-0.4, -0.2) is 16.1 Å². The Hall–Kier alpha value is -14.2. The molecule has 10 heteroatoms. The van der Waals surface area contributed by atoms with Gasteiger partial charge in [0.05, 0.1) is 33.2 Å². The van der Waals surface area contributed by atoms with Gasteiger partial charge in [-0.05, 0) is 190 Å². The van der Waals surface area contributed by atoms with Gasteiger partial charge < -0.3 is 37.3 Å². The predicted molar refractivity (Wildman–Crippen MR) is 497 cm³/mol. The maximum absolute atomic E-state index is 7.05. The minimum absolute atomic E-state index is 0.814. The summed E-state index contributed by atoms with van der Waals surface area (Å²) in [6.45, 7) is 14.4. The highest BCUT2D eigenvalue weighted by Crippen LogP contribution is 2.51. The number of furan rings is 4. The number of nitrogens with zero attached hydrogens (tertiary/aromatic N) is 4. The van der Waals surface area contributed by atoms with Gasteiger partial charge in [0, 0.05) is 117 Å². The summed E-state index contributed by atoms with van der Waals surface area (Å²) in [5.41, 5.74) is 19.6. The van der Waals surface area contributed by atoms with Gasteiger partial charge in [-0.3, -0.25) is 0 Å². The lowest BCUT2D eigenvalue weighted by atomic mass is 9.96. The first kappa shape index (κ1) is 69.8. The van der Waals surface area contributed by atoms with Gasteiger partial charge >= 0.3 is 0 Å². The summed E-state index contributed by atoms with van der Waals surface area (Å²) in [5.74, 6) is 0. The van der Waals surface area contributed by atoms with Crippen LogP contribution in [-0.2, 0) is 0 Å². The highest BCUT2D eigenvalue weighted by Gasteiger charge is 2.28. The zero-order valence-corrected chi connectivity index (χ0v) is 67.2. The van der Waals surface area contributed by atoms with E-state index < -0.39 is 16.1 Å². The van der Waals surface area contributed by atoms with Gasteiger partial charge in [-0.25, -0.2) is 0 Å². The van der Waals surface area contributed by atoms with E-state index in [0.717, 1.165) is 183 Å². The first-order valence-electron chi connectivity index (χ1n) is 39.9. The number of rotatable bonds is 14. The largest absolute Gasteiger partial charge is 0.455 e. The van der Waals surface area contributed by atoms with Crippen molar-refractivity contribution in [2.45, 2.75) is 39.3 Å². The first-order chi connectivity index (χ1) is 56.8. The second-order valence-corrected chi connectivity index (χ2v) is 42.5.